The van der Waals surface area contributed by atoms with Crippen LogP contribution in [0.5, 0.6) is 5.75 Å². The molecule has 2 fully saturated rings. The minimum absolute atomic E-state index is 0.0189. The Labute approximate surface area is 242 Å². The minimum Gasteiger partial charge on any atom is -0.490 e. The number of amides is 2. The van der Waals surface area contributed by atoms with E-state index in [1.165, 1.54) is 36.1 Å². The van der Waals surface area contributed by atoms with Crippen LogP contribution in [0.25, 0.3) is 0 Å². The topological polar surface area (TPSA) is 58.6 Å². The molecule has 1 N–H and O–H groups in total. The lowest BCUT2D eigenvalue weighted by Crippen LogP contribution is -2.46. The van der Waals surface area contributed by atoms with Crippen LogP contribution in [0.2, 0.25) is 0 Å². The van der Waals surface area contributed by atoms with E-state index in [2.05, 4.69) is 5.32 Å². The zero-order valence-electron chi connectivity index (χ0n) is 23.6. The maximum absolute atomic E-state index is 14.9. The number of likely N-dealkylation sites (tertiary alicyclic amines) is 1. The van der Waals surface area contributed by atoms with E-state index in [-0.39, 0.29) is 22.9 Å². The first-order valence-electron chi connectivity index (χ1n) is 14.3. The molecule has 2 amide bonds. The van der Waals surface area contributed by atoms with E-state index in [0.717, 1.165) is 31.7 Å². The highest BCUT2D eigenvalue weighted by Gasteiger charge is 2.41. The molecule has 42 heavy (non-hydrogen) atoms. The van der Waals surface area contributed by atoms with Crippen molar-refractivity contribution in [3.63, 3.8) is 0 Å². The highest BCUT2D eigenvalue weighted by atomic mass is 19.4. The van der Waals surface area contributed by atoms with E-state index in [1.54, 1.807) is 13.0 Å². The lowest BCUT2D eigenvalue weighted by molar-refractivity contribution is -0.138. The molecule has 0 aromatic heterocycles. The van der Waals surface area contributed by atoms with Gasteiger partial charge in [-0.25, -0.2) is 4.39 Å². The van der Waals surface area contributed by atoms with Crippen LogP contribution in [-0.2, 0) is 11.0 Å². The lowest BCUT2D eigenvalue weighted by Gasteiger charge is -2.41. The third-order valence-corrected chi connectivity index (χ3v) is 8.30. The van der Waals surface area contributed by atoms with Crippen molar-refractivity contribution in [3.05, 3.63) is 94.3 Å². The molecular formula is C33H34F4N2O3. The first-order valence-corrected chi connectivity index (χ1v) is 14.3. The van der Waals surface area contributed by atoms with E-state index < -0.39 is 41.3 Å². The Hall–Kier alpha value is -3.88. The monoisotopic (exact) mass is 582 g/mol. The summed E-state index contributed by atoms with van der Waals surface area (Å²) < 4.78 is 61.6. The molecule has 1 saturated carbocycles. The van der Waals surface area contributed by atoms with Crippen LogP contribution in [0.4, 0.5) is 23.2 Å². The number of carbonyl (C=O) groups is 2. The standard InChI is InChI=1S/C33H34F4N2O3/c1-20-12-15-23(19-27(20)33(35,36)37)38-31(40)26-10-6-18-39(32(41)29-21(2)7-5-11-28(29)34)30(26)22-13-16-25(17-14-22)42-24-8-3-4-9-24/h5,7,11-17,19,24,26,30H,3-4,6,8-10,18H2,1-2H3,(H,38,40)/t26-,30-/m0/s1. The number of alkyl halides is 3. The van der Waals surface area contributed by atoms with E-state index in [4.69, 9.17) is 4.74 Å². The first kappa shape index (κ1) is 29.6. The number of halogens is 4. The van der Waals surface area contributed by atoms with Crippen LogP contribution in [0.3, 0.4) is 0 Å². The number of benzene rings is 3. The SMILES string of the molecule is Cc1ccc(NC(=O)[C@H]2CCCN(C(=O)c3c(C)cccc3F)[C@H]2c2ccc(OC3CCCC3)cc2)cc1C(F)(F)F. The van der Waals surface area contributed by atoms with Crippen LogP contribution in [-0.4, -0.2) is 29.4 Å². The van der Waals surface area contributed by atoms with Gasteiger partial charge >= 0.3 is 6.18 Å². The number of piperidine rings is 1. The average molecular weight is 583 g/mol. The van der Waals surface area contributed by atoms with Crippen LogP contribution >= 0.6 is 0 Å². The number of rotatable bonds is 6. The maximum atomic E-state index is 14.9. The van der Waals surface area contributed by atoms with Gasteiger partial charge < -0.3 is 15.0 Å². The molecule has 0 bridgehead atoms. The van der Waals surface area contributed by atoms with Crippen molar-refractivity contribution in [2.24, 2.45) is 5.92 Å². The van der Waals surface area contributed by atoms with Gasteiger partial charge in [-0.15, -0.1) is 0 Å². The maximum Gasteiger partial charge on any atom is 0.416 e. The van der Waals surface area contributed by atoms with Gasteiger partial charge in [0.05, 0.1) is 29.2 Å². The van der Waals surface area contributed by atoms with Crippen LogP contribution in [0.15, 0.2) is 60.7 Å². The van der Waals surface area contributed by atoms with Crippen molar-refractivity contribution in [1.82, 2.24) is 4.90 Å². The quantitative estimate of drug-likeness (QED) is 0.300. The van der Waals surface area contributed by atoms with Gasteiger partial charge in [0.25, 0.3) is 5.91 Å². The first-order chi connectivity index (χ1) is 20.0. The largest absolute Gasteiger partial charge is 0.490 e. The number of hydrogen-bond acceptors (Lipinski definition) is 3. The Bertz CT molecular complexity index is 1430. The zero-order chi connectivity index (χ0) is 30.0. The summed E-state index contributed by atoms with van der Waals surface area (Å²) in [5, 5.41) is 2.66. The fourth-order valence-corrected chi connectivity index (χ4v) is 6.14. The van der Waals surface area contributed by atoms with Crippen molar-refractivity contribution in [2.45, 2.75) is 70.7 Å². The Balaban J connectivity index is 1.48. The fraction of sp³-hybridized carbons (Fsp3) is 0.394. The molecule has 9 heteroatoms. The van der Waals surface area contributed by atoms with Crippen molar-refractivity contribution >= 4 is 17.5 Å². The third-order valence-electron chi connectivity index (χ3n) is 8.30. The predicted octanol–water partition coefficient (Wildman–Crippen LogP) is 8.01. The Morgan fingerprint density at radius 1 is 0.905 bits per heavy atom. The van der Waals surface area contributed by atoms with Gasteiger partial charge in [-0.2, -0.15) is 13.2 Å². The molecule has 5 nitrogen and oxygen atoms in total. The molecule has 2 atom stereocenters. The van der Waals surface area contributed by atoms with Gasteiger partial charge in [0.1, 0.15) is 11.6 Å². The summed E-state index contributed by atoms with van der Waals surface area (Å²) in [5.41, 5.74) is 0.322. The van der Waals surface area contributed by atoms with Crippen molar-refractivity contribution < 1.29 is 31.9 Å². The molecular weight excluding hydrogens is 548 g/mol. The molecule has 5 rings (SSSR count). The van der Waals surface area contributed by atoms with Crippen LogP contribution < -0.4 is 10.1 Å². The number of ether oxygens (including phenoxy) is 1. The van der Waals surface area contributed by atoms with Gasteiger partial charge in [-0.1, -0.05) is 30.3 Å². The predicted molar refractivity (Wildman–Crippen MR) is 152 cm³/mol. The summed E-state index contributed by atoms with van der Waals surface area (Å²) in [6.45, 7) is 3.31. The van der Waals surface area contributed by atoms with Gasteiger partial charge in [0.15, 0.2) is 0 Å². The van der Waals surface area contributed by atoms with Crippen LogP contribution in [0.1, 0.15) is 77.2 Å². The van der Waals surface area contributed by atoms with E-state index in [0.29, 0.717) is 36.3 Å². The molecule has 3 aromatic carbocycles. The van der Waals surface area contributed by atoms with E-state index in [9.17, 15) is 27.2 Å². The fourth-order valence-electron chi connectivity index (χ4n) is 6.14. The van der Waals surface area contributed by atoms with Gasteiger partial charge in [0.2, 0.25) is 5.91 Å². The third kappa shape index (κ3) is 6.30. The molecule has 1 saturated heterocycles. The molecule has 0 radical (unpaired) electrons. The number of nitrogens with zero attached hydrogens (tertiary/aromatic N) is 1. The number of aryl methyl sites for hydroxylation is 2. The van der Waals surface area contributed by atoms with Gasteiger partial charge in [-0.3, -0.25) is 9.59 Å². The smallest absolute Gasteiger partial charge is 0.416 e. The molecule has 0 unspecified atom stereocenters. The van der Waals surface area contributed by atoms with Gasteiger partial charge in [-0.05, 0) is 99.4 Å². The van der Waals surface area contributed by atoms with Crippen molar-refractivity contribution in [1.29, 1.82) is 0 Å². The summed E-state index contributed by atoms with van der Waals surface area (Å²) >= 11 is 0. The second kappa shape index (κ2) is 12.2. The molecule has 1 heterocycles. The second-order valence-corrected chi connectivity index (χ2v) is 11.2. The summed E-state index contributed by atoms with van der Waals surface area (Å²) in [5.74, 6) is -1.79. The molecule has 1 aliphatic heterocycles. The summed E-state index contributed by atoms with van der Waals surface area (Å²) in [6, 6.07) is 14.6. The number of carbonyl (C=O) groups excluding carboxylic acids is 2. The highest BCUT2D eigenvalue weighted by molar-refractivity contribution is 5.98. The van der Waals surface area contributed by atoms with Crippen molar-refractivity contribution in [3.8, 4) is 5.75 Å². The minimum atomic E-state index is -4.57. The normalized spacial score (nSPS) is 19.5. The number of hydrogen-bond donors (Lipinski definition) is 1. The Morgan fingerprint density at radius 2 is 1.62 bits per heavy atom. The van der Waals surface area contributed by atoms with Gasteiger partial charge in [0, 0.05) is 12.2 Å². The highest BCUT2D eigenvalue weighted by Crippen LogP contribution is 2.40. The Morgan fingerprint density at radius 3 is 2.29 bits per heavy atom. The van der Waals surface area contributed by atoms with E-state index in [1.807, 2.05) is 24.3 Å². The van der Waals surface area contributed by atoms with E-state index >= 15 is 0 Å². The lowest BCUT2D eigenvalue weighted by atomic mass is 9.83. The summed E-state index contributed by atoms with van der Waals surface area (Å²) in [6.07, 6.45) is 0.688. The number of nitrogens with one attached hydrogen (secondary N) is 1. The molecule has 0 spiro atoms. The molecule has 1 aliphatic carbocycles. The van der Waals surface area contributed by atoms with Crippen LogP contribution in [0, 0.1) is 25.6 Å². The number of anilines is 1. The van der Waals surface area contributed by atoms with Crippen molar-refractivity contribution in [2.75, 3.05) is 11.9 Å². The molecule has 3 aromatic rings. The molecule has 222 valence electrons. The summed E-state index contributed by atoms with van der Waals surface area (Å²) in [7, 11) is 0. The second-order valence-electron chi connectivity index (χ2n) is 11.2. The average Bonchev–Trinajstić information content (AvgIpc) is 3.46. The Kier molecular flexibility index (Phi) is 8.57. The molecule has 2 aliphatic rings. The summed E-state index contributed by atoms with van der Waals surface area (Å²) in [4.78, 5) is 29.1. The zero-order valence-corrected chi connectivity index (χ0v) is 23.6.